The SMILES string of the molecule is CCCCCCCCCCCCC/C=C/[C@@H](OC(=O)c1ccccc1)[C@H](CO)NC(C)=O. The average molecular weight is 446 g/mol. The van der Waals surface area contributed by atoms with E-state index in [4.69, 9.17) is 4.74 Å². The molecule has 32 heavy (non-hydrogen) atoms. The summed E-state index contributed by atoms with van der Waals surface area (Å²) >= 11 is 0. The zero-order valence-electron chi connectivity index (χ0n) is 20.1. The fourth-order valence-corrected chi connectivity index (χ4v) is 3.67. The van der Waals surface area contributed by atoms with Crippen molar-refractivity contribution in [3.05, 3.63) is 48.0 Å². The van der Waals surface area contributed by atoms with E-state index in [1.165, 1.54) is 71.1 Å². The molecule has 180 valence electrons. The van der Waals surface area contributed by atoms with Crippen LogP contribution in [0.5, 0.6) is 0 Å². The van der Waals surface area contributed by atoms with Crippen molar-refractivity contribution in [1.29, 1.82) is 0 Å². The Bertz CT molecular complexity index is 644. The molecule has 0 aliphatic heterocycles. The minimum absolute atomic E-state index is 0.274. The van der Waals surface area contributed by atoms with Gasteiger partial charge in [-0.2, -0.15) is 0 Å². The lowest BCUT2D eigenvalue weighted by Crippen LogP contribution is -2.46. The number of carbonyl (C=O) groups is 2. The molecule has 2 atom stereocenters. The number of carbonyl (C=O) groups excluding carboxylic acids is 2. The number of nitrogens with one attached hydrogen (secondary N) is 1. The van der Waals surface area contributed by atoms with Gasteiger partial charge in [-0.1, -0.05) is 95.4 Å². The van der Waals surface area contributed by atoms with Gasteiger partial charge in [0, 0.05) is 6.92 Å². The van der Waals surface area contributed by atoms with E-state index < -0.39 is 18.1 Å². The Kier molecular flexibility index (Phi) is 16.1. The summed E-state index contributed by atoms with van der Waals surface area (Å²) in [5.74, 6) is -0.748. The minimum Gasteiger partial charge on any atom is -0.452 e. The van der Waals surface area contributed by atoms with Gasteiger partial charge in [-0.05, 0) is 31.1 Å². The Morgan fingerprint density at radius 1 is 0.938 bits per heavy atom. The lowest BCUT2D eigenvalue weighted by atomic mass is 10.0. The third-order valence-corrected chi connectivity index (χ3v) is 5.53. The third-order valence-electron chi connectivity index (χ3n) is 5.53. The summed E-state index contributed by atoms with van der Waals surface area (Å²) < 4.78 is 5.60. The molecule has 1 aromatic rings. The smallest absolute Gasteiger partial charge is 0.338 e. The molecular weight excluding hydrogens is 402 g/mol. The normalized spacial score (nSPS) is 13.1. The van der Waals surface area contributed by atoms with Crippen LogP contribution < -0.4 is 5.32 Å². The molecule has 0 radical (unpaired) electrons. The van der Waals surface area contributed by atoms with Crippen molar-refractivity contribution < 1.29 is 19.4 Å². The van der Waals surface area contributed by atoms with Gasteiger partial charge in [0.1, 0.15) is 6.10 Å². The first-order valence-electron chi connectivity index (χ1n) is 12.4. The summed E-state index contributed by atoms with van der Waals surface area (Å²) in [6, 6.07) is 8.06. The van der Waals surface area contributed by atoms with Crippen LogP contribution in [0.2, 0.25) is 0 Å². The molecule has 0 heterocycles. The van der Waals surface area contributed by atoms with E-state index in [0.717, 1.165) is 12.8 Å². The molecule has 1 aromatic carbocycles. The molecule has 2 N–H and O–H groups in total. The van der Waals surface area contributed by atoms with Crippen LogP contribution in [0.1, 0.15) is 101 Å². The Balaban J connectivity index is 2.37. The summed E-state index contributed by atoms with van der Waals surface area (Å²) in [6.07, 6.45) is 18.2. The minimum atomic E-state index is -0.718. The second kappa shape index (κ2) is 18.4. The standard InChI is InChI=1S/C27H43NO4/c1-3-4-5-6-7-8-9-10-11-12-13-14-18-21-26(25(22-29)28-23(2)30)32-27(31)24-19-16-15-17-20-24/h15-21,25-26,29H,3-14,22H2,1-2H3,(H,28,30)/b21-18+/t25-,26+/m0/s1. The fraction of sp³-hybridized carbons (Fsp3) is 0.630. The van der Waals surface area contributed by atoms with Crippen molar-refractivity contribution in [2.75, 3.05) is 6.61 Å². The first-order chi connectivity index (χ1) is 15.6. The molecule has 0 saturated carbocycles. The first-order valence-corrected chi connectivity index (χ1v) is 12.4. The Hall–Kier alpha value is -2.14. The summed E-state index contributed by atoms with van der Waals surface area (Å²) in [7, 11) is 0. The molecule has 0 aliphatic carbocycles. The van der Waals surface area contributed by atoms with Gasteiger partial charge in [0.05, 0.1) is 18.2 Å². The van der Waals surface area contributed by atoms with E-state index in [2.05, 4.69) is 12.2 Å². The number of esters is 1. The molecule has 1 amide bonds. The monoisotopic (exact) mass is 445 g/mol. The van der Waals surface area contributed by atoms with Crippen LogP contribution in [-0.4, -0.2) is 35.7 Å². The molecule has 0 aromatic heterocycles. The fourth-order valence-electron chi connectivity index (χ4n) is 3.67. The third kappa shape index (κ3) is 13.3. The van der Waals surface area contributed by atoms with Crippen LogP contribution in [0.15, 0.2) is 42.5 Å². The van der Waals surface area contributed by atoms with E-state index >= 15 is 0 Å². The van der Waals surface area contributed by atoms with E-state index in [9.17, 15) is 14.7 Å². The van der Waals surface area contributed by atoms with Crippen LogP contribution >= 0.6 is 0 Å². The quantitative estimate of drug-likeness (QED) is 0.166. The van der Waals surface area contributed by atoms with Gasteiger partial charge in [-0.3, -0.25) is 4.79 Å². The molecular formula is C27H43NO4. The van der Waals surface area contributed by atoms with Crippen molar-refractivity contribution >= 4 is 11.9 Å². The maximum Gasteiger partial charge on any atom is 0.338 e. The number of allylic oxidation sites excluding steroid dienone is 1. The number of hydrogen-bond acceptors (Lipinski definition) is 4. The van der Waals surface area contributed by atoms with Crippen LogP contribution in [0.4, 0.5) is 0 Å². The van der Waals surface area contributed by atoms with E-state index in [-0.39, 0.29) is 12.5 Å². The highest BCUT2D eigenvalue weighted by Gasteiger charge is 2.23. The van der Waals surface area contributed by atoms with E-state index in [1.54, 1.807) is 30.3 Å². The van der Waals surface area contributed by atoms with Gasteiger partial charge in [0.15, 0.2) is 0 Å². The van der Waals surface area contributed by atoms with E-state index in [1.807, 2.05) is 12.1 Å². The van der Waals surface area contributed by atoms with Crippen molar-refractivity contribution in [1.82, 2.24) is 5.32 Å². The second-order valence-corrected chi connectivity index (χ2v) is 8.48. The molecule has 1 rings (SSSR count). The molecule has 0 saturated heterocycles. The first kappa shape index (κ1) is 27.9. The van der Waals surface area contributed by atoms with Crippen LogP contribution in [0, 0.1) is 0 Å². The molecule has 0 bridgehead atoms. The average Bonchev–Trinajstić information content (AvgIpc) is 2.80. The molecule has 0 aliphatic rings. The Morgan fingerprint density at radius 2 is 1.50 bits per heavy atom. The molecule has 5 heteroatoms. The van der Waals surface area contributed by atoms with Gasteiger partial charge in [-0.25, -0.2) is 4.79 Å². The number of benzene rings is 1. The number of amides is 1. The number of aliphatic hydroxyl groups excluding tert-OH is 1. The number of aliphatic hydroxyl groups is 1. The van der Waals surface area contributed by atoms with Crippen LogP contribution in [0.25, 0.3) is 0 Å². The number of unbranched alkanes of at least 4 members (excludes halogenated alkanes) is 11. The second-order valence-electron chi connectivity index (χ2n) is 8.48. The summed E-state index contributed by atoms with van der Waals surface area (Å²) in [6.45, 7) is 3.32. The van der Waals surface area contributed by atoms with Crippen molar-refractivity contribution in [2.24, 2.45) is 0 Å². The molecule has 0 fully saturated rings. The van der Waals surface area contributed by atoms with Crippen molar-refractivity contribution in [3.63, 3.8) is 0 Å². The Morgan fingerprint density at radius 3 is 2.03 bits per heavy atom. The van der Waals surface area contributed by atoms with E-state index in [0.29, 0.717) is 5.56 Å². The summed E-state index contributed by atoms with van der Waals surface area (Å²) in [5, 5.41) is 12.4. The lowest BCUT2D eigenvalue weighted by molar-refractivity contribution is -0.120. The van der Waals surface area contributed by atoms with Crippen molar-refractivity contribution in [3.8, 4) is 0 Å². The Labute approximate surface area is 194 Å². The molecule has 5 nitrogen and oxygen atoms in total. The number of ether oxygens (including phenoxy) is 1. The predicted molar refractivity (Wildman–Crippen MR) is 131 cm³/mol. The van der Waals surface area contributed by atoms with Gasteiger partial charge < -0.3 is 15.2 Å². The lowest BCUT2D eigenvalue weighted by Gasteiger charge is -2.23. The molecule has 0 unspecified atom stereocenters. The zero-order chi connectivity index (χ0) is 23.4. The van der Waals surface area contributed by atoms with Gasteiger partial charge in [-0.15, -0.1) is 0 Å². The number of hydrogen-bond donors (Lipinski definition) is 2. The molecule has 0 spiro atoms. The van der Waals surface area contributed by atoms with Crippen LogP contribution in [-0.2, 0) is 9.53 Å². The van der Waals surface area contributed by atoms with Gasteiger partial charge >= 0.3 is 5.97 Å². The predicted octanol–water partition coefficient (Wildman–Crippen LogP) is 5.97. The largest absolute Gasteiger partial charge is 0.452 e. The highest BCUT2D eigenvalue weighted by Crippen LogP contribution is 2.13. The van der Waals surface area contributed by atoms with Crippen LogP contribution in [0.3, 0.4) is 0 Å². The summed E-state index contributed by atoms with van der Waals surface area (Å²) in [4.78, 5) is 23.9. The summed E-state index contributed by atoms with van der Waals surface area (Å²) in [5.41, 5.74) is 0.441. The zero-order valence-corrected chi connectivity index (χ0v) is 20.1. The highest BCUT2D eigenvalue weighted by molar-refractivity contribution is 5.89. The maximum absolute atomic E-state index is 12.4. The topological polar surface area (TPSA) is 75.6 Å². The van der Waals surface area contributed by atoms with Gasteiger partial charge in [0.25, 0.3) is 0 Å². The van der Waals surface area contributed by atoms with Gasteiger partial charge in [0.2, 0.25) is 5.91 Å². The highest BCUT2D eigenvalue weighted by atomic mass is 16.5. The number of rotatable bonds is 18. The van der Waals surface area contributed by atoms with Crippen molar-refractivity contribution in [2.45, 2.75) is 103 Å². The maximum atomic E-state index is 12.4.